The van der Waals surface area contributed by atoms with E-state index in [1.165, 1.54) is 0 Å². The van der Waals surface area contributed by atoms with Crippen molar-refractivity contribution in [1.29, 1.82) is 0 Å². The van der Waals surface area contributed by atoms with Gasteiger partial charge < -0.3 is 10.2 Å². The van der Waals surface area contributed by atoms with E-state index < -0.39 is 0 Å². The Morgan fingerprint density at radius 1 is 1.56 bits per heavy atom. The highest BCUT2D eigenvalue weighted by Gasteiger charge is 2.22. The van der Waals surface area contributed by atoms with Crippen molar-refractivity contribution in [2.45, 2.75) is 51.6 Å². The summed E-state index contributed by atoms with van der Waals surface area (Å²) in [5.41, 5.74) is 0. The van der Waals surface area contributed by atoms with E-state index in [0.29, 0.717) is 18.5 Å². The molecule has 1 aliphatic rings. The molecule has 3 nitrogen and oxygen atoms in total. The number of nitrogens with one attached hydrogen (secondary N) is 1. The van der Waals surface area contributed by atoms with Crippen LogP contribution in [0.3, 0.4) is 0 Å². The lowest BCUT2D eigenvalue weighted by atomic mass is 10.0. The van der Waals surface area contributed by atoms with Crippen molar-refractivity contribution in [2.24, 2.45) is 0 Å². The summed E-state index contributed by atoms with van der Waals surface area (Å²) in [7, 11) is 0. The molecule has 0 aromatic rings. The number of hydrogen-bond acceptors (Lipinski definition) is 2. The molecular formula is C13H24N2O. The van der Waals surface area contributed by atoms with Gasteiger partial charge in [-0.2, -0.15) is 0 Å². The standard InChI is InChI=1S/C13H24N2O/c1-4-6-11(3)14-12-7-9-15(10-8-12)13(16)5-2/h4,11-12,14H,1,5-10H2,2-3H3. The fourth-order valence-electron chi connectivity index (χ4n) is 2.24. The van der Waals surface area contributed by atoms with Gasteiger partial charge in [-0.05, 0) is 26.2 Å². The van der Waals surface area contributed by atoms with Gasteiger partial charge in [-0.15, -0.1) is 6.58 Å². The molecule has 1 aliphatic heterocycles. The molecule has 1 saturated heterocycles. The summed E-state index contributed by atoms with van der Waals surface area (Å²) in [6, 6.07) is 1.06. The molecule has 16 heavy (non-hydrogen) atoms. The Kier molecular flexibility index (Phi) is 5.53. The highest BCUT2D eigenvalue weighted by molar-refractivity contribution is 5.75. The summed E-state index contributed by atoms with van der Waals surface area (Å²) in [5, 5.41) is 3.59. The van der Waals surface area contributed by atoms with E-state index in [0.717, 1.165) is 32.4 Å². The summed E-state index contributed by atoms with van der Waals surface area (Å²) in [4.78, 5) is 13.5. The maximum Gasteiger partial charge on any atom is 0.222 e. The fourth-order valence-corrected chi connectivity index (χ4v) is 2.24. The summed E-state index contributed by atoms with van der Waals surface area (Å²) in [6.45, 7) is 9.68. The maximum absolute atomic E-state index is 11.5. The highest BCUT2D eigenvalue weighted by atomic mass is 16.2. The Balaban J connectivity index is 2.26. The predicted molar refractivity (Wildman–Crippen MR) is 67.3 cm³/mol. The van der Waals surface area contributed by atoms with Gasteiger partial charge in [-0.25, -0.2) is 0 Å². The van der Waals surface area contributed by atoms with Crippen LogP contribution in [0, 0.1) is 0 Å². The van der Waals surface area contributed by atoms with Crippen molar-refractivity contribution >= 4 is 5.91 Å². The minimum absolute atomic E-state index is 0.289. The van der Waals surface area contributed by atoms with Crippen molar-refractivity contribution in [3.63, 3.8) is 0 Å². The minimum atomic E-state index is 0.289. The van der Waals surface area contributed by atoms with Crippen LogP contribution in [0.2, 0.25) is 0 Å². The zero-order chi connectivity index (χ0) is 12.0. The van der Waals surface area contributed by atoms with Crippen LogP contribution in [0.25, 0.3) is 0 Å². The van der Waals surface area contributed by atoms with E-state index in [9.17, 15) is 4.79 Å². The molecule has 1 amide bonds. The number of carbonyl (C=O) groups excluding carboxylic acids is 1. The molecule has 1 atom stereocenters. The van der Waals surface area contributed by atoms with Gasteiger partial charge >= 0.3 is 0 Å². The van der Waals surface area contributed by atoms with E-state index in [2.05, 4.69) is 18.8 Å². The molecule has 1 unspecified atom stereocenters. The first-order chi connectivity index (χ1) is 7.67. The molecule has 0 bridgehead atoms. The number of likely N-dealkylation sites (tertiary alicyclic amines) is 1. The molecule has 3 heteroatoms. The topological polar surface area (TPSA) is 32.3 Å². The monoisotopic (exact) mass is 224 g/mol. The Morgan fingerprint density at radius 3 is 2.69 bits per heavy atom. The second-order valence-electron chi connectivity index (χ2n) is 4.60. The van der Waals surface area contributed by atoms with Crippen molar-refractivity contribution in [3.8, 4) is 0 Å². The maximum atomic E-state index is 11.5. The number of nitrogens with zero attached hydrogens (tertiary/aromatic N) is 1. The normalized spacial score (nSPS) is 19.5. The van der Waals surface area contributed by atoms with Crippen LogP contribution in [0.5, 0.6) is 0 Å². The number of piperidine rings is 1. The molecule has 1 fully saturated rings. The molecule has 1 rings (SSSR count). The number of amides is 1. The second-order valence-corrected chi connectivity index (χ2v) is 4.60. The summed E-state index contributed by atoms with van der Waals surface area (Å²) >= 11 is 0. The van der Waals surface area contributed by atoms with Gasteiger partial charge in [0, 0.05) is 31.6 Å². The van der Waals surface area contributed by atoms with Gasteiger partial charge in [0.25, 0.3) is 0 Å². The molecule has 0 spiro atoms. The SMILES string of the molecule is C=CCC(C)NC1CCN(C(=O)CC)CC1. The summed E-state index contributed by atoms with van der Waals surface area (Å²) in [5.74, 6) is 0.289. The van der Waals surface area contributed by atoms with Crippen LogP contribution in [0.1, 0.15) is 39.5 Å². The minimum Gasteiger partial charge on any atom is -0.343 e. The first kappa shape index (κ1) is 13.2. The lowest BCUT2D eigenvalue weighted by Crippen LogP contribution is -2.46. The molecule has 1 N–H and O–H groups in total. The van der Waals surface area contributed by atoms with E-state index >= 15 is 0 Å². The van der Waals surface area contributed by atoms with E-state index in [-0.39, 0.29) is 5.91 Å². The third-order valence-corrected chi connectivity index (χ3v) is 3.19. The van der Waals surface area contributed by atoms with E-state index in [1.807, 2.05) is 17.9 Å². The third-order valence-electron chi connectivity index (χ3n) is 3.19. The van der Waals surface area contributed by atoms with Gasteiger partial charge in [0.05, 0.1) is 0 Å². The van der Waals surface area contributed by atoms with Gasteiger partial charge in [-0.3, -0.25) is 4.79 Å². The van der Waals surface area contributed by atoms with Crippen LogP contribution < -0.4 is 5.32 Å². The Hall–Kier alpha value is -0.830. The summed E-state index contributed by atoms with van der Waals surface area (Å²) in [6.07, 6.45) is 5.74. The largest absolute Gasteiger partial charge is 0.343 e. The fraction of sp³-hybridized carbons (Fsp3) is 0.769. The molecule has 0 saturated carbocycles. The lowest BCUT2D eigenvalue weighted by Gasteiger charge is -2.33. The number of carbonyl (C=O) groups is 1. The van der Waals surface area contributed by atoms with Crippen molar-refractivity contribution in [1.82, 2.24) is 10.2 Å². The van der Waals surface area contributed by atoms with Crippen molar-refractivity contribution in [3.05, 3.63) is 12.7 Å². The molecule has 0 aromatic carbocycles. The van der Waals surface area contributed by atoms with Gasteiger partial charge in [-0.1, -0.05) is 13.0 Å². The number of hydrogen-bond donors (Lipinski definition) is 1. The highest BCUT2D eigenvalue weighted by Crippen LogP contribution is 2.12. The molecule has 1 heterocycles. The second kappa shape index (κ2) is 6.69. The molecule has 92 valence electrons. The van der Waals surface area contributed by atoms with Crippen LogP contribution >= 0.6 is 0 Å². The quantitative estimate of drug-likeness (QED) is 0.724. The average molecular weight is 224 g/mol. The molecule has 0 radical (unpaired) electrons. The molecule has 0 aliphatic carbocycles. The van der Waals surface area contributed by atoms with Gasteiger partial charge in [0.2, 0.25) is 5.91 Å². The molecule has 0 aromatic heterocycles. The third kappa shape index (κ3) is 3.97. The van der Waals surface area contributed by atoms with Crippen LogP contribution in [0.15, 0.2) is 12.7 Å². The summed E-state index contributed by atoms with van der Waals surface area (Å²) < 4.78 is 0. The smallest absolute Gasteiger partial charge is 0.222 e. The van der Waals surface area contributed by atoms with Gasteiger partial charge in [0.15, 0.2) is 0 Å². The van der Waals surface area contributed by atoms with Crippen molar-refractivity contribution in [2.75, 3.05) is 13.1 Å². The van der Waals surface area contributed by atoms with Gasteiger partial charge in [0.1, 0.15) is 0 Å². The first-order valence-electron chi connectivity index (χ1n) is 6.32. The van der Waals surface area contributed by atoms with Crippen LogP contribution in [-0.4, -0.2) is 36.0 Å². The Labute approximate surface area is 98.9 Å². The Bertz CT molecular complexity index is 232. The first-order valence-corrected chi connectivity index (χ1v) is 6.32. The van der Waals surface area contributed by atoms with Crippen LogP contribution in [0.4, 0.5) is 0 Å². The van der Waals surface area contributed by atoms with E-state index in [4.69, 9.17) is 0 Å². The van der Waals surface area contributed by atoms with E-state index in [1.54, 1.807) is 0 Å². The predicted octanol–water partition coefficient (Wildman–Crippen LogP) is 1.94. The Morgan fingerprint density at radius 2 is 2.19 bits per heavy atom. The zero-order valence-corrected chi connectivity index (χ0v) is 10.5. The molecular weight excluding hydrogens is 200 g/mol. The average Bonchev–Trinajstić information content (AvgIpc) is 2.29. The number of rotatable bonds is 5. The lowest BCUT2D eigenvalue weighted by molar-refractivity contribution is -0.131. The van der Waals surface area contributed by atoms with Crippen molar-refractivity contribution < 1.29 is 4.79 Å². The van der Waals surface area contributed by atoms with Crippen LogP contribution in [-0.2, 0) is 4.79 Å². The zero-order valence-electron chi connectivity index (χ0n) is 10.5.